The zero-order valence-electron chi connectivity index (χ0n) is 12.8. The van der Waals surface area contributed by atoms with Crippen molar-refractivity contribution in [3.63, 3.8) is 0 Å². The quantitative estimate of drug-likeness (QED) is 0.170. The van der Waals surface area contributed by atoms with E-state index in [1.807, 2.05) is 24.3 Å². The Morgan fingerprint density at radius 1 is 1.24 bits per heavy atom. The average Bonchev–Trinajstić information content (AvgIpc) is 2.51. The van der Waals surface area contributed by atoms with Crippen LogP contribution < -0.4 is 4.74 Å². The van der Waals surface area contributed by atoms with Gasteiger partial charge in [-0.15, -0.1) is 0 Å². The summed E-state index contributed by atoms with van der Waals surface area (Å²) in [5, 5.41) is 0. The lowest BCUT2D eigenvalue weighted by atomic mass is 10.0. The summed E-state index contributed by atoms with van der Waals surface area (Å²) >= 11 is 3.71. The Bertz CT molecular complexity index is 443. The minimum atomic E-state index is -0.415. The Kier molecular flexibility index (Phi) is 9.07. The van der Waals surface area contributed by atoms with Gasteiger partial charge in [0.25, 0.3) is 0 Å². The number of rotatable bonds is 10. The third-order valence-corrected chi connectivity index (χ3v) is 4.40. The van der Waals surface area contributed by atoms with Gasteiger partial charge in [0.15, 0.2) is 0 Å². The van der Waals surface area contributed by atoms with E-state index >= 15 is 0 Å². The standard InChI is InChI=1S/C18H25BrO2/c1-3-5-6-7-8-9-13-16(19)15-12-10-11-14-17(15)21-18(20)4-2/h4,10-12,14,16H,2-3,5-9,13H2,1H3. The fraction of sp³-hybridized carbons (Fsp3) is 0.500. The lowest BCUT2D eigenvalue weighted by Gasteiger charge is -2.14. The van der Waals surface area contributed by atoms with Crippen molar-refractivity contribution in [1.82, 2.24) is 0 Å². The predicted molar refractivity (Wildman–Crippen MR) is 91.9 cm³/mol. The fourth-order valence-electron chi connectivity index (χ4n) is 2.24. The van der Waals surface area contributed by atoms with Crippen LogP contribution in [0.15, 0.2) is 36.9 Å². The monoisotopic (exact) mass is 352 g/mol. The average molecular weight is 353 g/mol. The van der Waals surface area contributed by atoms with Crippen LogP contribution in [0.3, 0.4) is 0 Å². The lowest BCUT2D eigenvalue weighted by molar-refractivity contribution is -0.129. The first kappa shape index (κ1) is 18.0. The molecule has 0 N–H and O–H groups in total. The number of benzene rings is 1. The minimum Gasteiger partial charge on any atom is -0.423 e. The molecule has 0 aliphatic rings. The van der Waals surface area contributed by atoms with Gasteiger partial charge in [-0.25, -0.2) is 4.79 Å². The summed E-state index contributed by atoms with van der Waals surface area (Å²) in [7, 11) is 0. The number of esters is 1. The summed E-state index contributed by atoms with van der Waals surface area (Å²) in [5.41, 5.74) is 1.03. The molecule has 0 aliphatic carbocycles. The Morgan fingerprint density at radius 2 is 1.90 bits per heavy atom. The first-order chi connectivity index (χ1) is 10.2. The van der Waals surface area contributed by atoms with Gasteiger partial charge in [0.2, 0.25) is 0 Å². The van der Waals surface area contributed by atoms with Crippen molar-refractivity contribution in [3.8, 4) is 5.75 Å². The lowest BCUT2D eigenvalue weighted by Crippen LogP contribution is -2.06. The first-order valence-corrected chi connectivity index (χ1v) is 8.67. The summed E-state index contributed by atoms with van der Waals surface area (Å²) in [6, 6.07) is 7.67. The van der Waals surface area contributed by atoms with Gasteiger partial charge in [0.1, 0.15) is 5.75 Å². The molecule has 0 amide bonds. The fourth-order valence-corrected chi connectivity index (χ4v) is 2.94. The van der Waals surface area contributed by atoms with Gasteiger partial charge < -0.3 is 4.74 Å². The van der Waals surface area contributed by atoms with E-state index in [0.29, 0.717) is 5.75 Å². The van der Waals surface area contributed by atoms with Crippen molar-refractivity contribution in [3.05, 3.63) is 42.5 Å². The summed E-state index contributed by atoms with van der Waals surface area (Å²) in [5.74, 6) is 0.206. The number of hydrogen-bond acceptors (Lipinski definition) is 2. The minimum absolute atomic E-state index is 0.220. The van der Waals surface area contributed by atoms with Crippen LogP contribution in [0.25, 0.3) is 0 Å². The van der Waals surface area contributed by atoms with E-state index in [9.17, 15) is 4.79 Å². The molecule has 0 aliphatic heterocycles. The number of alkyl halides is 1. The maximum atomic E-state index is 11.4. The van der Waals surface area contributed by atoms with E-state index in [1.165, 1.54) is 44.6 Å². The van der Waals surface area contributed by atoms with Crippen molar-refractivity contribution in [2.24, 2.45) is 0 Å². The Morgan fingerprint density at radius 3 is 2.62 bits per heavy atom. The van der Waals surface area contributed by atoms with Gasteiger partial charge >= 0.3 is 5.97 Å². The summed E-state index contributed by atoms with van der Waals surface area (Å²) in [6.45, 7) is 5.66. The van der Waals surface area contributed by atoms with Crippen molar-refractivity contribution < 1.29 is 9.53 Å². The van der Waals surface area contributed by atoms with Gasteiger partial charge in [-0.1, -0.05) is 86.2 Å². The van der Waals surface area contributed by atoms with E-state index < -0.39 is 5.97 Å². The molecule has 3 heteroatoms. The van der Waals surface area contributed by atoms with E-state index in [0.717, 1.165) is 12.0 Å². The van der Waals surface area contributed by atoms with Gasteiger partial charge in [-0.05, 0) is 12.5 Å². The van der Waals surface area contributed by atoms with Crippen molar-refractivity contribution >= 4 is 21.9 Å². The van der Waals surface area contributed by atoms with Gasteiger partial charge in [-0.2, -0.15) is 0 Å². The molecule has 1 aromatic carbocycles. The van der Waals surface area contributed by atoms with Crippen LogP contribution in [-0.2, 0) is 4.79 Å². The topological polar surface area (TPSA) is 26.3 Å². The number of hydrogen-bond donors (Lipinski definition) is 0. The molecule has 0 bridgehead atoms. The van der Waals surface area contributed by atoms with E-state index in [2.05, 4.69) is 29.4 Å². The molecule has 21 heavy (non-hydrogen) atoms. The molecule has 0 saturated carbocycles. The molecule has 0 radical (unpaired) electrons. The second-order valence-corrected chi connectivity index (χ2v) is 6.29. The summed E-state index contributed by atoms with van der Waals surface area (Å²) in [4.78, 5) is 11.6. The summed E-state index contributed by atoms with van der Waals surface area (Å²) < 4.78 is 5.29. The molecular formula is C18H25BrO2. The molecule has 1 aromatic rings. The van der Waals surface area contributed by atoms with Crippen LogP contribution in [0.4, 0.5) is 0 Å². The highest BCUT2D eigenvalue weighted by Crippen LogP contribution is 2.35. The molecular weight excluding hydrogens is 328 g/mol. The van der Waals surface area contributed by atoms with Crippen LogP contribution >= 0.6 is 15.9 Å². The maximum absolute atomic E-state index is 11.4. The number of carbonyl (C=O) groups excluding carboxylic acids is 1. The Hall–Kier alpha value is -1.09. The number of carbonyl (C=O) groups is 1. The largest absolute Gasteiger partial charge is 0.423 e. The summed E-state index contributed by atoms with van der Waals surface area (Å²) in [6.07, 6.45) is 9.93. The third-order valence-electron chi connectivity index (χ3n) is 3.44. The van der Waals surface area contributed by atoms with Crippen LogP contribution in [0.1, 0.15) is 62.3 Å². The molecule has 0 heterocycles. The Balaban J connectivity index is 2.47. The molecule has 0 aromatic heterocycles. The molecule has 1 atom stereocenters. The molecule has 2 nitrogen and oxygen atoms in total. The number of halogens is 1. The van der Waals surface area contributed by atoms with Gasteiger partial charge in [-0.3, -0.25) is 0 Å². The van der Waals surface area contributed by atoms with Crippen LogP contribution in [0.5, 0.6) is 5.75 Å². The second-order valence-electron chi connectivity index (χ2n) is 5.19. The van der Waals surface area contributed by atoms with Gasteiger partial charge in [0.05, 0.1) is 0 Å². The van der Waals surface area contributed by atoms with Crippen molar-refractivity contribution in [2.45, 2.75) is 56.7 Å². The second kappa shape index (κ2) is 10.6. The highest BCUT2D eigenvalue weighted by Gasteiger charge is 2.14. The zero-order valence-corrected chi connectivity index (χ0v) is 14.4. The first-order valence-electron chi connectivity index (χ1n) is 7.76. The molecule has 1 rings (SSSR count). The zero-order chi connectivity index (χ0) is 15.5. The molecule has 0 spiro atoms. The van der Waals surface area contributed by atoms with Crippen LogP contribution in [0.2, 0.25) is 0 Å². The molecule has 0 saturated heterocycles. The number of unbranched alkanes of at least 4 members (excludes halogenated alkanes) is 5. The highest BCUT2D eigenvalue weighted by atomic mass is 79.9. The van der Waals surface area contributed by atoms with E-state index in [1.54, 1.807) is 0 Å². The smallest absolute Gasteiger partial charge is 0.335 e. The Labute approximate surface area is 136 Å². The SMILES string of the molecule is C=CC(=O)Oc1ccccc1C(Br)CCCCCCCC. The number of ether oxygens (including phenoxy) is 1. The maximum Gasteiger partial charge on any atom is 0.335 e. The van der Waals surface area contributed by atoms with Crippen molar-refractivity contribution in [2.75, 3.05) is 0 Å². The van der Waals surface area contributed by atoms with E-state index in [4.69, 9.17) is 4.74 Å². The number of para-hydroxylation sites is 1. The van der Waals surface area contributed by atoms with Crippen LogP contribution in [0, 0.1) is 0 Å². The third kappa shape index (κ3) is 6.94. The molecule has 116 valence electrons. The van der Waals surface area contributed by atoms with Gasteiger partial charge in [0, 0.05) is 16.5 Å². The molecule has 1 unspecified atom stereocenters. The van der Waals surface area contributed by atoms with Crippen molar-refractivity contribution in [1.29, 1.82) is 0 Å². The van der Waals surface area contributed by atoms with E-state index in [-0.39, 0.29) is 4.83 Å². The molecule has 0 fully saturated rings. The normalized spacial score (nSPS) is 11.9. The highest BCUT2D eigenvalue weighted by molar-refractivity contribution is 9.09. The predicted octanol–water partition coefficient (Wildman–Crippen LogP) is 5.96. The van der Waals surface area contributed by atoms with Crippen LogP contribution in [-0.4, -0.2) is 5.97 Å².